The van der Waals surface area contributed by atoms with Crippen LogP contribution in [0.2, 0.25) is 0 Å². The van der Waals surface area contributed by atoms with Crippen molar-refractivity contribution in [2.75, 3.05) is 26.4 Å². The minimum Gasteiger partial charge on any atom is -0.471 e. The van der Waals surface area contributed by atoms with Crippen LogP contribution < -0.4 is 10.3 Å². The third-order valence-electron chi connectivity index (χ3n) is 4.39. The van der Waals surface area contributed by atoms with E-state index in [9.17, 15) is 25.0 Å². The largest absolute Gasteiger partial charge is 0.471 e. The molecule has 0 aliphatic heterocycles. The molecule has 0 aromatic carbocycles. The molecule has 0 aliphatic rings. The summed E-state index contributed by atoms with van der Waals surface area (Å²) >= 11 is 6.13. The van der Waals surface area contributed by atoms with E-state index in [0.717, 1.165) is 19.4 Å². The van der Waals surface area contributed by atoms with Gasteiger partial charge in [0.05, 0.1) is 43.8 Å². The van der Waals surface area contributed by atoms with Crippen molar-refractivity contribution in [1.82, 2.24) is 9.97 Å². The zero-order valence-electron chi connectivity index (χ0n) is 22.9. The summed E-state index contributed by atoms with van der Waals surface area (Å²) in [7, 11) is 0. The number of aliphatic hydroxyl groups is 1. The lowest BCUT2D eigenvalue weighted by molar-refractivity contribution is -0.386. The van der Waals surface area contributed by atoms with Crippen molar-refractivity contribution in [3.8, 4) is 5.88 Å². The first-order valence-electron chi connectivity index (χ1n) is 12.1. The van der Waals surface area contributed by atoms with E-state index in [2.05, 4.69) is 41.8 Å². The van der Waals surface area contributed by atoms with Gasteiger partial charge in [-0.15, -0.1) is 0 Å². The van der Waals surface area contributed by atoms with Gasteiger partial charge in [0.1, 0.15) is 11.8 Å². The van der Waals surface area contributed by atoms with Gasteiger partial charge >= 0.3 is 0 Å². The second-order valence-electron chi connectivity index (χ2n) is 8.28. The minimum atomic E-state index is -0.546. The van der Waals surface area contributed by atoms with E-state index in [1.165, 1.54) is 19.1 Å². The molecule has 0 radical (unpaired) electrons. The van der Waals surface area contributed by atoms with Crippen LogP contribution in [0.1, 0.15) is 51.9 Å². The van der Waals surface area contributed by atoms with Gasteiger partial charge in [-0.25, -0.2) is 4.98 Å². The number of aromatic amines is 1. The number of aliphatic hydroxyl groups excluding tert-OH is 1. The average molecular weight is 684 g/mol. The molecule has 2 atom stereocenters. The Morgan fingerprint density at radius 3 is 1.97 bits per heavy atom. The van der Waals surface area contributed by atoms with Crippen LogP contribution in [-0.2, 0) is 9.47 Å². The highest BCUT2D eigenvalue weighted by atomic mass is 79.9. The zero-order chi connectivity index (χ0) is 30.1. The van der Waals surface area contributed by atoms with Crippen molar-refractivity contribution in [1.29, 1.82) is 0 Å². The van der Waals surface area contributed by atoms with E-state index in [-0.39, 0.29) is 39.3 Å². The summed E-state index contributed by atoms with van der Waals surface area (Å²) in [6.45, 7) is 13.1. The molecule has 0 amide bonds. The topological polar surface area (TPSA) is 180 Å². The first-order valence-corrected chi connectivity index (χ1v) is 13.7. The maximum atomic E-state index is 10.9. The summed E-state index contributed by atoms with van der Waals surface area (Å²) in [4.78, 5) is 37.4. The molecule has 220 valence electrons. The lowest BCUT2D eigenvalue weighted by Crippen LogP contribution is -2.20. The first-order chi connectivity index (χ1) is 18.2. The van der Waals surface area contributed by atoms with Gasteiger partial charge in [0.25, 0.3) is 16.9 Å². The van der Waals surface area contributed by atoms with Gasteiger partial charge in [-0.05, 0) is 72.4 Å². The van der Waals surface area contributed by atoms with E-state index < -0.39 is 9.85 Å². The number of aromatic nitrogens is 2. The Kier molecular flexibility index (Phi) is 18.3. The summed E-state index contributed by atoms with van der Waals surface area (Å²) in [6.07, 6.45) is 1.48. The van der Waals surface area contributed by atoms with E-state index in [0.29, 0.717) is 35.9 Å². The van der Waals surface area contributed by atoms with Crippen molar-refractivity contribution >= 4 is 43.2 Å². The van der Waals surface area contributed by atoms with E-state index in [1.54, 1.807) is 13.8 Å². The number of ether oxygens (including phenoxy) is 3. The molecule has 0 saturated carbocycles. The smallest absolute Gasteiger partial charge is 0.291 e. The maximum absolute atomic E-state index is 10.9. The van der Waals surface area contributed by atoms with Gasteiger partial charge in [-0.1, -0.05) is 13.8 Å². The highest BCUT2D eigenvalue weighted by Crippen LogP contribution is 2.29. The number of nitrogens with one attached hydrogen (secondary N) is 1. The summed E-state index contributed by atoms with van der Waals surface area (Å²) < 4.78 is 16.6. The fraction of sp³-hybridized carbons (Fsp3) is 0.583. The Labute approximate surface area is 243 Å². The van der Waals surface area contributed by atoms with Gasteiger partial charge in [0, 0.05) is 25.3 Å². The molecule has 2 heterocycles. The molecular formula is C24H36Br2N4O9. The van der Waals surface area contributed by atoms with Crippen molar-refractivity contribution < 1.29 is 29.2 Å². The summed E-state index contributed by atoms with van der Waals surface area (Å²) in [5.41, 5.74) is 0.0896. The van der Waals surface area contributed by atoms with Gasteiger partial charge in [0.2, 0.25) is 5.88 Å². The fourth-order valence-electron chi connectivity index (χ4n) is 2.61. The predicted molar refractivity (Wildman–Crippen MR) is 153 cm³/mol. The number of hydrogen-bond acceptors (Lipinski definition) is 10. The van der Waals surface area contributed by atoms with Crippen LogP contribution in [0.4, 0.5) is 11.4 Å². The molecule has 0 spiro atoms. The SMILES string of the molecule is CCCOCC(C)O.CCCOCC(C)Oc1nc(C)c([N+](=O)[O-])cc1Br.Cc1[nH]c(=O)c(Br)cc1[N+](=O)[O-]. The Bertz CT molecular complexity index is 1110. The van der Waals surface area contributed by atoms with E-state index >= 15 is 0 Å². The molecule has 0 saturated heterocycles. The third-order valence-corrected chi connectivity index (χ3v) is 5.55. The Balaban J connectivity index is 0.000000616. The van der Waals surface area contributed by atoms with Crippen molar-refractivity contribution in [2.24, 2.45) is 0 Å². The van der Waals surface area contributed by atoms with Crippen LogP contribution in [-0.4, -0.2) is 63.6 Å². The van der Waals surface area contributed by atoms with Crippen molar-refractivity contribution in [3.63, 3.8) is 0 Å². The highest BCUT2D eigenvalue weighted by molar-refractivity contribution is 9.10. The summed E-state index contributed by atoms with van der Waals surface area (Å²) in [5, 5.41) is 29.8. The Hall–Kier alpha value is -2.46. The number of halogens is 2. The number of H-pyrrole nitrogens is 1. The van der Waals surface area contributed by atoms with Gasteiger partial charge < -0.3 is 24.3 Å². The lowest BCUT2D eigenvalue weighted by atomic mass is 10.3. The van der Waals surface area contributed by atoms with Crippen molar-refractivity contribution in [3.05, 3.63) is 63.0 Å². The van der Waals surface area contributed by atoms with E-state index in [4.69, 9.17) is 19.3 Å². The van der Waals surface area contributed by atoms with Crippen LogP contribution in [0.25, 0.3) is 0 Å². The van der Waals surface area contributed by atoms with Crippen LogP contribution in [0.3, 0.4) is 0 Å². The predicted octanol–water partition coefficient (Wildman–Crippen LogP) is 5.40. The number of rotatable bonds is 12. The minimum absolute atomic E-state index is 0.0332. The number of hydrogen-bond donors (Lipinski definition) is 2. The fourth-order valence-corrected chi connectivity index (χ4v) is 3.33. The van der Waals surface area contributed by atoms with Crippen LogP contribution in [0.5, 0.6) is 5.88 Å². The average Bonchev–Trinajstić information content (AvgIpc) is 2.84. The standard InChI is InChI=1S/C12H17BrN2O4.C6H5BrN2O3.C6H14O2/c1-4-5-18-7-8(2)19-12-10(13)6-11(15(16)17)9(3)14-12;1-3-5(9(11)12)2-4(7)6(10)8-3;1-3-4-8-5-6(2)7/h6,8H,4-5,7H2,1-3H3;2H,1H3,(H,8,10);6-7H,3-5H2,1-2H3. The zero-order valence-corrected chi connectivity index (χ0v) is 26.0. The molecule has 2 rings (SSSR count). The normalized spacial score (nSPS) is 11.8. The molecule has 0 aliphatic carbocycles. The molecule has 39 heavy (non-hydrogen) atoms. The lowest BCUT2D eigenvalue weighted by Gasteiger charge is -2.15. The Morgan fingerprint density at radius 1 is 0.974 bits per heavy atom. The molecule has 0 fully saturated rings. The van der Waals surface area contributed by atoms with Crippen LogP contribution >= 0.6 is 31.9 Å². The third kappa shape index (κ3) is 15.1. The number of pyridine rings is 2. The van der Waals surface area contributed by atoms with Crippen molar-refractivity contribution in [2.45, 2.75) is 66.6 Å². The van der Waals surface area contributed by atoms with Crippen LogP contribution in [0.15, 0.2) is 25.9 Å². The van der Waals surface area contributed by atoms with E-state index in [1.807, 2.05) is 20.8 Å². The molecule has 2 N–H and O–H groups in total. The number of nitrogens with zero attached hydrogens (tertiary/aromatic N) is 3. The molecule has 15 heteroatoms. The second kappa shape index (κ2) is 19.6. The Morgan fingerprint density at radius 2 is 1.49 bits per heavy atom. The number of aryl methyl sites for hydroxylation is 2. The quantitative estimate of drug-likeness (QED) is 0.167. The molecule has 2 aromatic heterocycles. The number of nitro groups is 2. The molecule has 2 aromatic rings. The monoisotopic (exact) mass is 682 g/mol. The molecule has 0 bridgehead atoms. The summed E-state index contributed by atoms with van der Waals surface area (Å²) in [5.74, 6) is 0.343. The molecule has 13 nitrogen and oxygen atoms in total. The first kappa shape index (κ1) is 36.5. The van der Waals surface area contributed by atoms with Crippen LogP contribution in [0, 0.1) is 34.1 Å². The van der Waals surface area contributed by atoms with Gasteiger partial charge in [0.15, 0.2) is 0 Å². The second-order valence-corrected chi connectivity index (χ2v) is 9.99. The molecular weight excluding hydrogens is 648 g/mol. The highest BCUT2D eigenvalue weighted by Gasteiger charge is 2.18. The maximum Gasteiger partial charge on any atom is 0.291 e. The van der Waals surface area contributed by atoms with Gasteiger partial charge in [-0.2, -0.15) is 0 Å². The molecule has 2 unspecified atom stereocenters. The summed E-state index contributed by atoms with van der Waals surface area (Å²) in [6, 6.07) is 2.59. The van der Waals surface area contributed by atoms with Gasteiger partial charge in [-0.3, -0.25) is 25.0 Å².